The molecular formula is C48H31N3O. The van der Waals surface area contributed by atoms with Crippen LogP contribution in [-0.2, 0) is 5.41 Å². The fraction of sp³-hybridized carbons (Fsp3) is 0.0208. The molecular weight excluding hydrogens is 635 g/mol. The highest BCUT2D eigenvalue weighted by molar-refractivity contribution is 5.94. The van der Waals surface area contributed by atoms with E-state index in [2.05, 4.69) is 152 Å². The lowest BCUT2D eigenvalue weighted by Gasteiger charge is -2.33. The van der Waals surface area contributed by atoms with Crippen molar-refractivity contribution in [2.75, 3.05) is 0 Å². The van der Waals surface area contributed by atoms with E-state index in [1.54, 1.807) is 0 Å². The van der Waals surface area contributed by atoms with Crippen molar-refractivity contribution >= 4 is 11.0 Å². The summed E-state index contributed by atoms with van der Waals surface area (Å²) in [7, 11) is 0. The third-order valence-electron chi connectivity index (χ3n) is 10.2. The molecule has 0 fully saturated rings. The van der Waals surface area contributed by atoms with E-state index in [4.69, 9.17) is 19.4 Å². The number of benzene rings is 7. The molecule has 0 N–H and O–H groups in total. The van der Waals surface area contributed by atoms with Gasteiger partial charge in [-0.15, -0.1) is 0 Å². The Hall–Kier alpha value is -6.91. The zero-order valence-corrected chi connectivity index (χ0v) is 28.1. The van der Waals surface area contributed by atoms with Crippen LogP contribution in [0.5, 0.6) is 0 Å². The lowest BCUT2D eigenvalue weighted by atomic mass is 9.67. The monoisotopic (exact) mass is 665 g/mol. The third kappa shape index (κ3) is 4.73. The molecule has 4 heteroatoms. The molecule has 52 heavy (non-hydrogen) atoms. The van der Waals surface area contributed by atoms with Crippen molar-refractivity contribution in [2.45, 2.75) is 5.41 Å². The largest absolute Gasteiger partial charge is 0.453 e. The van der Waals surface area contributed by atoms with Crippen LogP contribution in [0.1, 0.15) is 22.3 Å². The molecule has 244 valence electrons. The Labute approximate surface area is 301 Å². The van der Waals surface area contributed by atoms with E-state index < -0.39 is 5.41 Å². The van der Waals surface area contributed by atoms with Gasteiger partial charge in [0.2, 0.25) is 0 Å². The van der Waals surface area contributed by atoms with Crippen molar-refractivity contribution in [3.8, 4) is 56.6 Å². The first-order valence-corrected chi connectivity index (χ1v) is 17.5. The maximum atomic E-state index is 6.37. The second kappa shape index (κ2) is 12.1. The summed E-state index contributed by atoms with van der Waals surface area (Å²) in [6.45, 7) is 0. The number of hydrogen-bond donors (Lipinski definition) is 0. The molecule has 7 aromatic carbocycles. The molecule has 0 aliphatic heterocycles. The van der Waals surface area contributed by atoms with Crippen LogP contribution in [0.3, 0.4) is 0 Å². The van der Waals surface area contributed by atoms with Gasteiger partial charge in [0.25, 0.3) is 0 Å². The van der Waals surface area contributed by atoms with Gasteiger partial charge < -0.3 is 4.42 Å². The molecule has 0 atom stereocenters. The number of nitrogens with zero attached hydrogens (tertiary/aromatic N) is 3. The molecule has 2 aromatic heterocycles. The van der Waals surface area contributed by atoms with Crippen molar-refractivity contribution in [2.24, 2.45) is 0 Å². The topological polar surface area (TPSA) is 51.8 Å². The number of fused-ring (bicyclic) bond motifs is 4. The minimum absolute atomic E-state index is 0.489. The number of aromatic nitrogens is 3. The van der Waals surface area contributed by atoms with Crippen LogP contribution in [0.25, 0.3) is 67.6 Å². The summed E-state index contributed by atoms with van der Waals surface area (Å²) in [5.74, 6) is 2.26. The van der Waals surface area contributed by atoms with Gasteiger partial charge in [0.1, 0.15) is 5.58 Å². The highest BCUT2D eigenvalue weighted by Crippen LogP contribution is 2.58. The maximum Gasteiger partial charge on any atom is 0.199 e. The molecule has 10 rings (SSSR count). The number of hydrogen-bond acceptors (Lipinski definition) is 4. The minimum atomic E-state index is -0.536. The summed E-state index contributed by atoms with van der Waals surface area (Å²) < 4.78 is 6.37. The van der Waals surface area contributed by atoms with Crippen LogP contribution in [0.2, 0.25) is 0 Å². The molecule has 0 spiro atoms. The van der Waals surface area contributed by atoms with Gasteiger partial charge in [-0.2, -0.15) is 0 Å². The molecule has 0 amide bonds. The average molecular weight is 666 g/mol. The zero-order valence-electron chi connectivity index (χ0n) is 28.1. The Morgan fingerprint density at radius 1 is 0.385 bits per heavy atom. The predicted molar refractivity (Wildman–Crippen MR) is 209 cm³/mol. The van der Waals surface area contributed by atoms with Crippen molar-refractivity contribution in [3.63, 3.8) is 0 Å². The summed E-state index contributed by atoms with van der Waals surface area (Å²) in [4.78, 5) is 15.5. The molecule has 0 saturated heterocycles. The molecule has 0 bridgehead atoms. The van der Waals surface area contributed by atoms with E-state index >= 15 is 0 Å². The molecule has 9 aromatic rings. The second-order valence-electron chi connectivity index (χ2n) is 13.2. The first-order valence-electron chi connectivity index (χ1n) is 17.5. The van der Waals surface area contributed by atoms with E-state index in [1.807, 2.05) is 36.4 Å². The highest BCUT2D eigenvalue weighted by atomic mass is 16.3. The summed E-state index contributed by atoms with van der Waals surface area (Å²) in [6.07, 6.45) is 0. The van der Waals surface area contributed by atoms with Crippen LogP contribution >= 0.6 is 0 Å². The Bertz CT molecular complexity index is 2660. The second-order valence-corrected chi connectivity index (χ2v) is 13.2. The van der Waals surface area contributed by atoms with Gasteiger partial charge >= 0.3 is 0 Å². The summed E-state index contributed by atoms with van der Waals surface area (Å²) in [6, 6.07) is 65.8. The number of rotatable bonds is 6. The van der Waals surface area contributed by atoms with Crippen LogP contribution in [0.15, 0.2) is 192 Å². The quantitative estimate of drug-likeness (QED) is 0.177. The van der Waals surface area contributed by atoms with Crippen LogP contribution in [0, 0.1) is 0 Å². The van der Waals surface area contributed by atoms with Gasteiger partial charge in [-0.1, -0.05) is 170 Å². The maximum absolute atomic E-state index is 6.37. The standard InChI is InChI=1S/C48H31N3O/c1-4-16-32(17-5-1)33-19-14-20-35(30-33)45-49-46(51-47(50-45)43-31-34-18-10-13-29-42(34)52-43)39-26-15-28-41-44(39)38-25-11-12-27-40(38)48(41,36-21-6-2-7-22-36)37-23-8-3-9-24-37/h1-31H. The van der Waals surface area contributed by atoms with Crippen LogP contribution < -0.4 is 0 Å². The molecule has 1 aliphatic carbocycles. The van der Waals surface area contributed by atoms with Gasteiger partial charge in [0, 0.05) is 16.5 Å². The predicted octanol–water partition coefficient (Wildman–Crippen LogP) is 11.6. The first-order chi connectivity index (χ1) is 25.8. The van der Waals surface area contributed by atoms with Gasteiger partial charge in [0.15, 0.2) is 23.2 Å². The van der Waals surface area contributed by atoms with E-state index in [0.717, 1.165) is 38.8 Å². The molecule has 2 heterocycles. The summed E-state index contributed by atoms with van der Waals surface area (Å²) >= 11 is 0. The Balaban J connectivity index is 1.25. The third-order valence-corrected chi connectivity index (χ3v) is 10.2. The van der Waals surface area contributed by atoms with Crippen molar-refractivity contribution in [1.82, 2.24) is 15.0 Å². The van der Waals surface area contributed by atoms with Gasteiger partial charge in [-0.05, 0) is 62.7 Å². The van der Waals surface area contributed by atoms with Gasteiger partial charge in [0.05, 0.1) is 5.41 Å². The van der Waals surface area contributed by atoms with Crippen molar-refractivity contribution < 1.29 is 4.42 Å². The minimum Gasteiger partial charge on any atom is -0.453 e. The molecule has 4 nitrogen and oxygen atoms in total. The summed E-state index contributed by atoms with van der Waals surface area (Å²) in [5.41, 5.74) is 11.5. The molecule has 1 aliphatic rings. The average Bonchev–Trinajstić information content (AvgIpc) is 3.80. The van der Waals surface area contributed by atoms with E-state index in [1.165, 1.54) is 27.8 Å². The van der Waals surface area contributed by atoms with E-state index in [-0.39, 0.29) is 0 Å². The SMILES string of the molecule is c1ccc(-c2cccc(-c3nc(-c4cc5ccccc5o4)nc(-c4cccc5c4-c4ccccc4C5(c4ccccc4)c4ccccc4)n3)c2)cc1. The van der Waals surface area contributed by atoms with Crippen molar-refractivity contribution in [1.29, 1.82) is 0 Å². The van der Waals surface area contributed by atoms with Gasteiger partial charge in [-0.25, -0.2) is 15.0 Å². The summed E-state index contributed by atoms with van der Waals surface area (Å²) in [5, 5.41) is 0.997. The normalized spacial score (nSPS) is 12.8. The van der Waals surface area contributed by atoms with E-state index in [9.17, 15) is 0 Å². The highest BCUT2D eigenvalue weighted by Gasteiger charge is 2.47. The Morgan fingerprint density at radius 2 is 0.942 bits per heavy atom. The fourth-order valence-electron chi connectivity index (χ4n) is 7.98. The molecule has 0 unspecified atom stereocenters. The molecule has 0 saturated carbocycles. The van der Waals surface area contributed by atoms with Crippen molar-refractivity contribution in [3.05, 3.63) is 210 Å². The molecule has 0 radical (unpaired) electrons. The van der Waals surface area contributed by atoms with E-state index in [0.29, 0.717) is 23.2 Å². The fourth-order valence-corrected chi connectivity index (χ4v) is 7.98. The zero-order chi connectivity index (χ0) is 34.5. The lowest BCUT2D eigenvalue weighted by Crippen LogP contribution is -2.28. The Morgan fingerprint density at radius 3 is 1.71 bits per heavy atom. The number of para-hydroxylation sites is 1. The lowest BCUT2D eigenvalue weighted by molar-refractivity contribution is 0.625. The first kappa shape index (κ1) is 30.0. The van der Waals surface area contributed by atoms with Crippen LogP contribution in [0.4, 0.5) is 0 Å². The smallest absolute Gasteiger partial charge is 0.199 e. The van der Waals surface area contributed by atoms with Gasteiger partial charge in [-0.3, -0.25) is 0 Å². The Kier molecular flexibility index (Phi) is 7.00. The number of furan rings is 1. The van der Waals surface area contributed by atoms with Crippen LogP contribution in [-0.4, -0.2) is 15.0 Å².